The molecule has 0 amide bonds. The fraction of sp³-hybridized carbons (Fsp3) is 0.0769. The molecular weight excluding hydrogens is 337 g/mol. The van der Waals surface area contributed by atoms with Crippen LogP contribution in [-0.4, -0.2) is 14.5 Å². The topological polar surface area (TPSA) is 30.7 Å². The quantitative estimate of drug-likeness (QED) is 0.668. The summed E-state index contributed by atoms with van der Waals surface area (Å²) < 4.78 is 1.76. The van der Waals surface area contributed by atoms with Gasteiger partial charge in [-0.15, -0.1) is 11.3 Å². The van der Waals surface area contributed by atoms with Crippen molar-refractivity contribution in [3.63, 3.8) is 0 Å². The Hall–Kier alpha value is -1.07. The van der Waals surface area contributed by atoms with E-state index in [1.165, 1.54) is 0 Å². The number of imidazole rings is 1. The van der Waals surface area contributed by atoms with Crippen molar-refractivity contribution in [3.8, 4) is 11.3 Å². The molecule has 3 nitrogen and oxygen atoms in total. The molecule has 0 aliphatic rings. The van der Waals surface area contributed by atoms with Crippen LogP contribution >= 0.6 is 46.1 Å². The Balaban J connectivity index is 1.83. The van der Waals surface area contributed by atoms with Crippen LogP contribution in [0.4, 0.5) is 0 Å². The highest BCUT2D eigenvalue weighted by Crippen LogP contribution is 2.25. The molecule has 0 unspecified atom stereocenters. The van der Waals surface area contributed by atoms with E-state index in [9.17, 15) is 0 Å². The van der Waals surface area contributed by atoms with Crippen LogP contribution in [0.2, 0.25) is 15.3 Å². The van der Waals surface area contributed by atoms with Crippen molar-refractivity contribution in [3.05, 3.63) is 56.3 Å². The fourth-order valence-electron chi connectivity index (χ4n) is 1.74. The normalized spacial score (nSPS) is 10.9. The second kappa shape index (κ2) is 5.74. The molecule has 0 saturated carbocycles. The summed E-state index contributed by atoms with van der Waals surface area (Å²) in [5.74, 6) is 0. The average molecular weight is 345 g/mol. The predicted octanol–water partition coefficient (Wildman–Crippen LogP) is 5.02. The zero-order chi connectivity index (χ0) is 14.1. The lowest BCUT2D eigenvalue weighted by Gasteiger charge is -2.00. The lowest BCUT2D eigenvalue weighted by Crippen LogP contribution is -1.97. The van der Waals surface area contributed by atoms with Crippen LogP contribution < -0.4 is 0 Å². The molecule has 3 rings (SSSR count). The minimum atomic E-state index is 0.307. The van der Waals surface area contributed by atoms with Gasteiger partial charge in [-0.1, -0.05) is 46.9 Å². The molecule has 2 heterocycles. The molecule has 0 bridgehead atoms. The monoisotopic (exact) mass is 343 g/mol. The van der Waals surface area contributed by atoms with Crippen molar-refractivity contribution in [2.75, 3.05) is 0 Å². The Morgan fingerprint density at radius 3 is 2.50 bits per heavy atom. The molecule has 7 heteroatoms. The third-order valence-electron chi connectivity index (χ3n) is 2.73. The molecule has 0 saturated heterocycles. The lowest BCUT2D eigenvalue weighted by molar-refractivity contribution is 0.792. The third-order valence-corrected chi connectivity index (χ3v) is 4.59. The first-order chi connectivity index (χ1) is 9.63. The van der Waals surface area contributed by atoms with Gasteiger partial charge in [0.2, 0.25) is 0 Å². The van der Waals surface area contributed by atoms with E-state index in [0.29, 0.717) is 21.9 Å². The van der Waals surface area contributed by atoms with Gasteiger partial charge >= 0.3 is 0 Å². The average Bonchev–Trinajstić information content (AvgIpc) is 3.02. The standard InChI is InChI=1S/C13H8Cl3N3S/c14-9-3-1-8(2-4-9)10-6-20-11(18-10)5-19-7-17-12(15)13(19)16/h1-4,6-7H,5H2. The van der Waals surface area contributed by atoms with Crippen LogP contribution in [0.25, 0.3) is 11.3 Å². The van der Waals surface area contributed by atoms with E-state index in [1.807, 2.05) is 29.6 Å². The van der Waals surface area contributed by atoms with Crippen molar-refractivity contribution in [2.24, 2.45) is 0 Å². The highest BCUT2D eigenvalue weighted by molar-refractivity contribution is 7.09. The van der Waals surface area contributed by atoms with Gasteiger partial charge in [-0.05, 0) is 12.1 Å². The minimum Gasteiger partial charge on any atom is -0.313 e. The van der Waals surface area contributed by atoms with Crippen LogP contribution in [0.15, 0.2) is 36.0 Å². The van der Waals surface area contributed by atoms with E-state index in [1.54, 1.807) is 22.2 Å². The van der Waals surface area contributed by atoms with Crippen LogP contribution in [-0.2, 0) is 6.54 Å². The molecule has 0 fully saturated rings. The van der Waals surface area contributed by atoms with Crippen LogP contribution in [0, 0.1) is 0 Å². The van der Waals surface area contributed by atoms with Crippen LogP contribution in [0.5, 0.6) is 0 Å². The molecule has 102 valence electrons. The number of nitrogens with zero attached hydrogens (tertiary/aromatic N) is 3. The van der Waals surface area contributed by atoms with E-state index in [4.69, 9.17) is 34.8 Å². The highest BCUT2D eigenvalue weighted by Gasteiger charge is 2.09. The van der Waals surface area contributed by atoms with Gasteiger partial charge in [-0.3, -0.25) is 0 Å². The Bertz CT molecular complexity index is 734. The van der Waals surface area contributed by atoms with Crippen molar-refractivity contribution in [2.45, 2.75) is 6.54 Å². The third kappa shape index (κ3) is 2.83. The Labute approximate surface area is 134 Å². The smallest absolute Gasteiger partial charge is 0.166 e. The van der Waals surface area contributed by atoms with Gasteiger partial charge in [0.05, 0.1) is 18.6 Å². The molecule has 0 radical (unpaired) electrons. The molecule has 20 heavy (non-hydrogen) atoms. The SMILES string of the molecule is Clc1ccc(-c2csc(Cn3cnc(Cl)c3Cl)n2)cc1. The number of hydrogen-bond donors (Lipinski definition) is 0. The number of rotatable bonds is 3. The minimum absolute atomic E-state index is 0.307. The molecule has 0 N–H and O–H groups in total. The van der Waals surface area contributed by atoms with Gasteiger partial charge in [0.15, 0.2) is 5.15 Å². The second-order valence-corrected chi connectivity index (χ2v) is 6.18. The van der Waals surface area contributed by atoms with E-state index in [-0.39, 0.29) is 0 Å². The van der Waals surface area contributed by atoms with Gasteiger partial charge in [-0.2, -0.15) is 0 Å². The summed E-state index contributed by atoms with van der Waals surface area (Å²) in [7, 11) is 0. The van der Waals surface area contributed by atoms with Crippen molar-refractivity contribution in [1.29, 1.82) is 0 Å². The number of hydrogen-bond acceptors (Lipinski definition) is 3. The maximum absolute atomic E-state index is 6.03. The largest absolute Gasteiger partial charge is 0.313 e. The highest BCUT2D eigenvalue weighted by atomic mass is 35.5. The fourth-order valence-corrected chi connectivity index (χ4v) is 2.97. The van der Waals surface area contributed by atoms with Gasteiger partial charge < -0.3 is 4.57 Å². The molecule has 0 aliphatic heterocycles. The van der Waals surface area contributed by atoms with E-state index in [2.05, 4.69) is 9.97 Å². The Morgan fingerprint density at radius 2 is 1.85 bits per heavy atom. The Kier molecular flexibility index (Phi) is 3.98. The van der Waals surface area contributed by atoms with E-state index in [0.717, 1.165) is 16.3 Å². The number of benzene rings is 1. The molecule has 0 aliphatic carbocycles. The predicted molar refractivity (Wildman–Crippen MR) is 83.9 cm³/mol. The summed E-state index contributed by atoms with van der Waals surface area (Å²) in [6, 6.07) is 7.59. The first-order valence-electron chi connectivity index (χ1n) is 5.70. The summed E-state index contributed by atoms with van der Waals surface area (Å²) in [6.45, 7) is 0.552. The second-order valence-electron chi connectivity index (χ2n) is 4.09. The maximum Gasteiger partial charge on any atom is 0.166 e. The Morgan fingerprint density at radius 1 is 1.10 bits per heavy atom. The van der Waals surface area contributed by atoms with Crippen molar-refractivity contribution in [1.82, 2.24) is 14.5 Å². The summed E-state index contributed by atoms with van der Waals surface area (Å²) in [6.07, 6.45) is 1.61. The van der Waals surface area contributed by atoms with Crippen molar-refractivity contribution < 1.29 is 0 Å². The lowest BCUT2D eigenvalue weighted by atomic mass is 10.2. The molecular formula is C13H8Cl3N3S. The first kappa shape index (κ1) is 13.9. The summed E-state index contributed by atoms with van der Waals surface area (Å²) in [5, 5.41) is 4.39. The van der Waals surface area contributed by atoms with Gasteiger partial charge in [-0.25, -0.2) is 9.97 Å². The maximum atomic E-state index is 6.03. The zero-order valence-electron chi connectivity index (χ0n) is 10.1. The zero-order valence-corrected chi connectivity index (χ0v) is 13.1. The van der Waals surface area contributed by atoms with Gasteiger partial charge in [0.1, 0.15) is 10.2 Å². The summed E-state index contributed by atoms with van der Waals surface area (Å²) in [4.78, 5) is 8.53. The summed E-state index contributed by atoms with van der Waals surface area (Å²) in [5.41, 5.74) is 1.95. The molecule has 0 atom stereocenters. The first-order valence-corrected chi connectivity index (χ1v) is 7.71. The molecule has 2 aromatic heterocycles. The van der Waals surface area contributed by atoms with E-state index >= 15 is 0 Å². The molecule has 1 aromatic carbocycles. The number of halogens is 3. The van der Waals surface area contributed by atoms with Crippen molar-refractivity contribution >= 4 is 46.1 Å². The van der Waals surface area contributed by atoms with Gasteiger partial charge in [0, 0.05) is 16.0 Å². The summed E-state index contributed by atoms with van der Waals surface area (Å²) >= 11 is 19.3. The number of aromatic nitrogens is 3. The van der Waals surface area contributed by atoms with Crippen LogP contribution in [0.3, 0.4) is 0 Å². The van der Waals surface area contributed by atoms with Gasteiger partial charge in [0.25, 0.3) is 0 Å². The molecule has 3 aromatic rings. The van der Waals surface area contributed by atoms with E-state index < -0.39 is 0 Å². The van der Waals surface area contributed by atoms with Crippen LogP contribution in [0.1, 0.15) is 5.01 Å². The number of thiazole rings is 1. The molecule has 0 spiro atoms.